The van der Waals surface area contributed by atoms with Crippen LogP contribution in [0.25, 0.3) is 0 Å². The van der Waals surface area contributed by atoms with Crippen LogP contribution in [0.15, 0.2) is 18.2 Å². The van der Waals surface area contributed by atoms with E-state index in [1.54, 1.807) is 0 Å². The van der Waals surface area contributed by atoms with Gasteiger partial charge in [0.05, 0.1) is 11.2 Å². The van der Waals surface area contributed by atoms with Crippen molar-refractivity contribution in [3.05, 3.63) is 29.3 Å². The predicted octanol–water partition coefficient (Wildman–Crippen LogP) is 2.36. The fourth-order valence-electron chi connectivity index (χ4n) is 2.25. The number of rotatable bonds is 3. The molecule has 1 heterocycles. The van der Waals surface area contributed by atoms with Crippen molar-refractivity contribution in [2.75, 3.05) is 0 Å². The summed E-state index contributed by atoms with van der Waals surface area (Å²) in [6.07, 6.45) is 0. The van der Waals surface area contributed by atoms with Crippen molar-refractivity contribution < 1.29 is 18.8 Å². The molecule has 5 heteroatoms. The van der Waals surface area contributed by atoms with E-state index in [-0.39, 0.29) is 24.3 Å². The average Bonchev–Trinajstić information content (AvgIpc) is 2.55. The third-order valence-corrected chi connectivity index (χ3v) is 4.28. The topological polar surface area (TPSA) is 44.8 Å². The maximum absolute atomic E-state index is 10.9. The molecule has 0 aromatic heterocycles. The van der Waals surface area contributed by atoms with Crippen LogP contribution >= 0.6 is 0 Å². The summed E-state index contributed by atoms with van der Waals surface area (Å²) in [5.74, 6) is -0.275. The van der Waals surface area contributed by atoms with E-state index in [1.165, 1.54) is 6.92 Å². The Balaban J connectivity index is 2.17. The first-order valence-electron chi connectivity index (χ1n) is 7.21. The fraction of sp³-hybridized carbons (Fsp3) is 0.562. The minimum atomic E-state index is -0.363. The molecule has 1 aliphatic heterocycles. The molecule has 2 rings (SSSR count). The summed E-state index contributed by atoms with van der Waals surface area (Å²) in [5, 5.41) is 0. The van der Waals surface area contributed by atoms with E-state index in [2.05, 4.69) is 0 Å². The van der Waals surface area contributed by atoms with E-state index in [0.29, 0.717) is 6.61 Å². The van der Waals surface area contributed by atoms with Crippen molar-refractivity contribution in [3.8, 4) is 0 Å². The molecule has 1 saturated heterocycles. The molecule has 21 heavy (non-hydrogen) atoms. The van der Waals surface area contributed by atoms with E-state index >= 15 is 0 Å². The molecule has 1 aromatic rings. The zero-order chi connectivity index (χ0) is 15.8. The summed E-state index contributed by atoms with van der Waals surface area (Å²) < 4.78 is 17.1. The lowest BCUT2D eigenvalue weighted by Crippen LogP contribution is -2.41. The summed E-state index contributed by atoms with van der Waals surface area (Å²) >= 11 is 0. The van der Waals surface area contributed by atoms with Crippen molar-refractivity contribution in [2.45, 2.75) is 59.4 Å². The van der Waals surface area contributed by atoms with Gasteiger partial charge in [-0.05, 0) is 45.6 Å². The van der Waals surface area contributed by atoms with E-state index < -0.39 is 0 Å². The van der Waals surface area contributed by atoms with Gasteiger partial charge in [-0.2, -0.15) is 0 Å². The fourth-order valence-corrected chi connectivity index (χ4v) is 2.25. The molecular weight excluding hydrogens is 267 g/mol. The Hall–Kier alpha value is -1.33. The van der Waals surface area contributed by atoms with Crippen molar-refractivity contribution >= 4 is 18.6 Å². The second kappa shape index (κ2) is 5.46. The molecule has 1 aliphatic rings. The third kappa shape index (κ3) is 3.30. The molecule has 4 nitrogen and oxygen atoms in total. The lowest BCUT2D eigenvalue weighted by molar-refractivity contribution is -0.142. The Kier molecular flexibility index (Phi) is 4.18. The molecule has 0 unspecified atom stereocenters. The first-order chi connectivity index (χ1) is 9.62. The van der Waals surface area contributed by atoms with Crippen LogP contribution in [0.4, 0.5) is 0 Å². The van der Waals surface area contributed by atoms with Gasteiger partial charge in [0.1, 0.15) is 6.61 Å². The van der Waals surface area contributed by atoms with Gasteiger partial charge in [0, 0.05) is 6.92 Å². The highest BCUT2D eigenvalue weighted by atomic mass is 16.7. The maximum atomic E-state index is 10.9. The van der Waals surface area contributed by atoms with Gasteiger partial charge < -0.3 is 14.0 Å². The van der Waals surface area contributed by atoms with Gasteiger partial charge >= 0.3 is 13.1 Å². The Bertz CT molecular complexity index is 535. The van der Waals surface area contributed by atoms with E-state index in [4.69, 9.17) is 14.0 Å². The van der Waals surface area contributed by atoms with Crippen molar-refractivity contribution in [3.63, 3.8) is 0 Å². The Morgan fingerprint density at radius 3 is 2.24 bits per heavy atom. The van der Waals surface area contributed by atoms with Crippen LogP contribution in [0, 0.1) is 6.92 Å². The summed E-state index contributed by atoms with van der Waals surface area (Å²) in [7, 11) is -0.363. The number of esters is 1. The number of ether oxygens (including phenoxy) is 1. The first kappa shape index (κ1) is 16.1. The van der Waals surface area contributed by atoms with Gasteiger partial charge in [0.15, 0.2) is 0 Å². The van der Waals surface area contributed by atoms with E-state index in [9.17, 15) is 4.79 Å². The lowest BCUT2D eigenvalue weighted by atomic mass is 9.76. The largest absolute Gasteiger partial charge is 0.495 e. The van der Waals surface area contributed by atoms with E-state index in [1.807, 2.05) is 52.8 Å². The summed E-state index contributed by atoms with van der Waals surface area (Å²) in [6, 6.07) is 5.93. The van der Waals surface area contributed by atoms with Crippen LogP contribution in [0.2, 0.25) is 0 Å². The monoisotopic (exact) mass is 290 g/mol. The van der Waals surface area contributed by atoms with Crippen LogP contribution in [0.5, 0.6) is 0 Å². The van der Waals surface area contributed by atoms with Gasteiger partial charge in [-0.25, -0.2) is 0 Å². The smallest absolute Gasteiger partial charge is 0.461 e. The summed E-state index contributed by atoms with van der Waals surface area (Å²) in [6.45, 7) is 11.9. The zero-order valence-corrected chi connectivity index (χ0v) is 13.6. The Labute approximate surface area is 126 Å². The van der Waals surface area contributed by atoms with Crippen molar-refractivity contribution in [2.24, 2.45) is 0 Å². The lowest BCUT2D eigenvalue weighted by Gasteiger charge is -2.32. The number of aryl methyl sites for hydroxylation is 1. The van der Waals surface area contributed by atoms with Crippen LogP contribution < -0.4 is 5.46 Å². The molecule has 114 valence electrons. The molecule has 0 radical (unpaired) electrons. The van der Waals surface area contributed by atoms with Gasteiger partial charge in [-0.15, -0.1) is 0 Å². The second-order valence-electron chi connectivity index (χ2n) is 6.56. The number of carbonyl (C=O) groups excluding carboxylic acids is 1. The quantitative estimate of drug-likeness (QED) is 0.633. The van der Waals surface area contributed by atoms with Crippen molar-refractivity contribution in [1.82, 2.24) is 0 Å². The standard InChI is InChI=1S/C16H23BO4/c1-11-9-13(10-19-12(2)18)7-8-14(11)17-20-15(3,4)16(5,6)21-17/h7-9H,10H2,1-6H3. The minimum absolute atomic E-state index is 0.275. The van der Waals surface area contributed by atoms with Crippen LogP contribution in [0.3, 0.4) is 0 Å². The average molecular weight is 290 g/mol. The summed E-state index contributed by atoms with van der Waals surface area (Å²) in [5.41, 5.74) is 2.35. The summed E-state index contributed by atoms with van der Waals surface area (Å²) in [4.78, 5) is 10.9. The molecule has 0 amide bonds. The second-order valence-corrected chi connectivity index (χ2v) is 6.56. The van der Waals surface area contributed by atoms with Crippen LogP contribution in [-0.4, -0.2) is 24.3 Å². The number of carbonyl (C=O) groups is 1. The molecule has 0 spiro atoms. The third-order valence-electron chi connectivity index (χ3n) is 4.28. The van der Waals surface area contributed by atoms with Crippen LogP contribution in [-0.2, 0) is 25.4 Å². The molecule has 0 saturated carbocycles. The van der Waals surface area contributed by atoms with Gasteiger partial charge in [0.2, 0.25) is 0 Å². The van der Waals surface area contributed by atoms with Crippen molar-refractivity contribution in [1.29, 1.82) is 0 Å². The Morgan fingerprint density at radius 1 is 1.19 bits per heavy atom. The Morgan fingerprint density at radius 2 is 1.76 bits per heavy atom. The molecule has 0 aliphatic carbocycles. The van der Waals surface area contributed by atoms with Gasteiger partial charge in [-0.3, -0.25) is 4.79 Å². The SMILES string of the molecule is CC(=O)OCc1ccc(B2OC(C)(C)C(C)(C)O2)c(C)c1. The number of benzene rings is 1. The number of hydrogen-bond donors (Lipinski definition) is 0. The van der Waals surface area contributed by atoms with Gasteiger partial charge in [0.25, 0.3) is 0 Å². The molecule has 0 atom stereocenters. The molecular formula is C16H23BO4. The highest BCUT2D eigenvalue weighted by Gasteiger charge is 2.51. The normalized spacial score (nSPS) is 19.6. The van der Waals surface area contributed by atoms with E-state index in [0.717, 1.165) is 16.6 Å². The number of hydrogen-bond acceptors (Lipinski definition) is 4. The first-order valence-corrected chi connectivity index (χ1v) is 7.21. The van der Waals surface area contributed by atoms with Gasteiger partial charge in [-0.1, -0.05) is 23.8 Å². The molecule has 0 bridgehead atoms. The highest BCUT2D eigenvalue weighted by Crippen LogP contribution is 2.36. The highest BCUT2D eigenvalue weighted by molar-refractivity contribution is 6.62. The van der Waals surface area contributed by atoms with Crippen LogP contribution in [0.1, 0.15) is 45.7 Å². The molecule has 1 aromatic carbocycles. The predicted molar refractivity (Wildman–Crippen MR) is 82.4 cm³/mol. The minimum Gasteiger partial charge on any atom is -0.461 e. The maximum Gasteiger partial charge on any atom is 0.495 e. The molecule has 1 fully saturated rings. The molecule has 0 N–H and O–H groups in total. The zero-order valence-electron chi connectivity index (χ0n) is 13.6.